The molecule has 0 saturated carbocycles. The van der Waals surface area contributed by atoms with Gasteiger partial charge in [0.1, 0.15) is 18.4 Å². The number of carboxylic acids is 1. The van der Waals surface area contributed by atoms with Crippen LogP contribution < -0.4 is 10.1 Å². The van der Waals surface area contributed by atoms with Crippen LogP contribution in [0.5, 0.6) is 5.75 Å². The Morgan fingerprint density at radius 1 is 1.33 bits per heavy atom. The zero-order valence-electron chi connectivity index (χ0n) is 11.2. The second-order valence-corrected chi connectivity index (χ2v) is 4.48. The number of rotatable bonds is 7. The van der Waals surface area contributed by atoms with Crippen LogP contribution in [0.1, 0.15) is 24.5 Å². The molecule has 18 heavy (non-hydrogen) atoms. The Bertz CT molecular complexity index is 384. The fourth-order valence-corrected chi connectivity index (χ4v) is 1.73. The highest BCUT2D eigenvalue weighted by atomic mass is 16.5. The number of aliphatic carboxylic acids is 1. The second-order valence-electron chi connectivity index (χ2n) is 4.48. The molecule has 1 rings (SSSR count). The number of ether oxygens (including phenoxy) is 1. The maximum Gasteiger partial charge on any atom is 0.324 e. The Morgan fingerprint density at radius 2 is 1.94 bits per heavy atom. The van der Waals surface area contributed by atoms with Crippen molar-refractivity contribution in [2.75, 3.05) is 13.2 Å². The van der Waals surface area contributed by atoms with E-state index in [0.29, 0.717) is 6.54 Å². The van der Waals surface area contributed by atoms with Crippen molar-refractivity contribution in [2.45, 2.75) is 33.2 Å². The van der Waals surface area contributed by atoms with Crippen molar-refractivity contribution in [3.63, 3.8) is 0 Å². The molecule has 0 aliphatic rings. The van der Waals surface area contributed by atoms with Crippen molar-refractivity contribution in [1.29, 1.82) is 0 Å². The summed E-state index contributed by atoms with van der Waals surface area (Å²) in [5, 5.41) is 12.0. The fourth-order valence-electron chi connectivity index (χ4n) is 1.73. The van der Waals surface area contributed by atoms with E-state index in [4.69, 9.17) is 9.84 Å². The van der Waals surface area contributed by atoms with Crippen molar-refractivity contribution in [3.05, 3.63) is 29.3 Å². The van der Waals surface area contributed by atoms with Crippen LogP contribution in [0.25, 0.3) is 0 Å². The molecule has 1 atom stereocenters. The first-order valence-corrected chi connectivity index (χ1v) is 6.20. The molecule has 0 heterocycles. The monoisotopic (exact) mass is 251 g/mol. The molecule has 2 N–H and O–H groups in total. The SMILES string of the molecule is CCCNC(COc1cc(C)cc(C)c1)C(=O)O. The molecule has 0 radical (unpaired) electrons. The molecular formula is C14H21NO3. The van der Waals surface area contributed by atoms with Gasteiger partial charge < -0.3 is 15.2 Å². The summed E-state index contributed by atoms with van der Waals surface area (Å²) < 4.78 is 5.54. The average molecular weight is 251 g/mol. The molecule has 0 aliphatic carbocycles. The summed E-state index contributed by atoms with van der Waals surface area (Å²) >= 11 is 0. The molecule has 0 bridgehead atoms. The Hall–Kier alpha value is -1.55. The molecule has 0 aromatic heterocycles. The lowest BCUT2D eigenvalue weighted by Crippen LogP contribution is -2.41. The summed E-state index contributed by atoms with van der Waals surface area (Å²) in [6.45, 7) is 6.79. The van der Waals surface area contributed by atoms with Gasteiger partial charge in [-0.25, -0.2) is 0 Å². The maximum atomic E-state index is 11.0. The molecule has 1 unspecified atom stereocenters. The van der Waals surface area contributed by atoms with Crippen molar-refractivity contribution in [1.82, 2.24) is 5.32 Å². The highest BCUT2D eigenvalue weighted by molar-refractivity contribution is 5.73. The lowest BCUT2D eigenvalue weighted by Gasteiger charge is -2.15. The van der Waals surface area contributed by atoms with Crippen LogP contribution in [0.4, 0.5) is 0 Å². The number of carbonyl (C=O) groups is 1. The number of hydrogen-bond donors (Lipinski definition) is 2. The number of carboxylic acid groups (broad SMARTS) is 1. The molecule has 100 valence electrons. The lowest BCUT2D eigenvalue weighted by molar-refractivity contribution is -0.140. The van der Waals surface area contributed by atoms with Gasteiger partial charge in [-0.3, -0.25) is 4.79 Å². The highest BCUT2D eigenvalue weighted by Crippen LogP contribution is 2.16. The van der Waals surface area contributed by atoms with Gasteiger partial charge in [0.05, 0.1) is 0 Å². The normalized spacial score (nSPS) is 12.2. The predicted octanol–water partition coefficient (Wildman–Crippen LogP) is 2.14. The second kappa shape index (κ2) is 7.01. The van der Waals surface area contributed by atoms with E-state index in [1.807, 2.05) is 32.9 Å². The van der Waals surface area contributed by atoms with Gasteiger partial charge in [-0.1, -0.05) is 13.0 Å². The standard InChI is InChI=1S/C14H21NO3/c1-4-5-15-13(14(16)17)9-18-12-7-10(2)6-11(3)8-12/h6-8,13,15H,4-5,9H2,1-3H3,(H,16,17). The number of hydrogen-bond acceptors (Lipinski definition) is 3. The minimum absolute atomic E-state index is 0.137. The van der Waals surface area contributed by atoms with E-state index < -0.39 is 12.0 Å². The van der Waals surface area contributed by atoms with E-state index in [1.165, 1.54) is 0 Å². The van der Waals surface area contributed by atoms with Crippen LogP contribution in [-0.2, 0) is 4.79 Å². The van der Waals surface area contributed by atoms with Crippen LogP contribution in [0, 0.1) is 13.8 Å². The Kier molecular flexibility index (Phi) is 5.65. The summed E-state index contributed by atoms with van der Waals surface area (Å²) in [4.78, 5) is 11.0. The van der Waals surface area contributed by atoms with Crippen molar-refractivity contribution >= 4 is 5.97 Å². The molecule has 4 heteroatoms. The van der Waals surface area contributed by atoms with Crippen molar-refractivity contribution in [3.8, 4) is 5.75 Å². The van der Waals surface area contributed by atoms with Gasteiger partial charge in [-0.05, 0) is 50.1 Å². The van der Waals surface area contributed by atoms with Crippen LogP contribution >= 0.6 is 0 Å². The van der Waals surface area contributed by atoms with E-state index in [9.17, 15) is 4.79 Å². The fraction of sp³-hybridized carbons (Fsp3) is 0.500. The Morgan fingerprint density at radius 3 is 2.44 bits per heavy atom. The summed E-state index contributed by atoms with van der Waals surface area (Å²) in [6, 6.07) is 5.21. The number of aryl methyl sites for hydroxylation is 2. The van der Waals surface area contributed by atoms with E-state index in [1.54, 1.807) is 0 Å². The van der Waals surface area contributed by atoms with Gasteiger partial charge in [-0.2, -0.15) is 0 Å². The van der Waals surface area contributed by atoms with Gasteiger partial charge in [0, 0.05) is 0 Å². The number of nitrogens with one attached hydrogen (secondary N) is 1. The van der Waals surface area contributed by atoms with E-state index in [-0.39, 0.29) is 6.61 Å². The molecular weight excluding hydrogens is 230 g/mol. The average Bonchev–Trinajstić information content (AvgIpc) is 2.27. The minimum atomic E-state index is -0.882. The number of benzene rings is 1. The third-order valence-corrected chi connectivity index (χ3v) is 2.55. The lowest BCUT2D eigenvalue weighted by atomic mass is 10.1. The van der Waals surface area contributed by atoms with Crippen LogP contribution in [0.3, 0.4) is 0 Å². The van der Waals surface area contributed by atoms with Gasteiger partial charge >= 0.3 is 5.97 Å². The van der Waals surface area contributed by atoms with Crippen LogP contribution in [0.2, 0.25) is 0 Å². The van der Waals surface area contributed by atoms with E-state index in [2.05, 4.69) is 11.4 Å². The summed E-state index contributed by atoms with van der Waals surface area (Å²) in [7, 11) is 0. The summed E-state index contributed by atoms with van der Waals surface area (Å²) in [5.41, 5.74) is 2.22. The third-order valence-electron chi connectivity index (χ3n) is 2.55. The van der Waals surface area contributed by atoms with Crippen molar-refractivity contribution in [2.24, 2.45) is 0 Å². The van der Waals surface area contributed by atoms with Crippen LogP contribution in [-0.4, -0.2) is 30.3 Å². The Balaban J connectivity index is 2.58. The molecule has 0 saturated heterocycles. The first-order chi connectivity index (χ1) is 8.52. The topological polar surface area (TPSA) is 58.6 Å². The molecule has 0 fully saturated rings. The largest absolute Gasteiger partial charge is 0.491 e. The van der Waals surface area contributed by atoms with E-state index in [0.717, 1.165) is 23.3 Å². The van der Waals surface area contributed by atoms with Crippen molar-refractivity contribution < 1.29 is 14.6 Å². The Labute approximate surface area is 108 Å². The maximum absolute atomic E-state index is 11.0. The van der Waals surface area contributed by atoms with E-state index >= 15 is 0 Å². The quantitative estimate of drug-likeness (QED) is 0.779. The zero-order valence-corrected chi connectivity index (χ0v) is 11.2. The zero-order chi connectivity index (χ0) is 13.5. The third kappa shape index (κ3) is 4.75. The van der Waals surface area contributed by atoms with Crippen LogP contribution in [0.15, 0.2) is 18.2 Å². The molecule has 0 amide bonds. The first-order valence-electron chi connectivity index (χ1n) is 6.20. The van der Waals surface area contributed by atoms with Gasteiger partial charge in [0.15, 0.2) is 0 Å². The molecule has 4 nitrogen and oxygen atoms in total. The summed E-state index contributed by atoms with van der Waals surface area (Å²) in [5.74, 6) is -0.162. The van der Waals surface area contributed by atoms with Gasteiger partial charge in [0.2, 0.25) is 0 Å². The molecule has 0 spiro atoms. The minimum Gasteiger partial charge on any atom is -0.491 e. The summed E-state index contributed by atoms with van der Waals surface area (Å²) in [6.07, 6.45) is 0.896. The molecule has 0 aliphatic heterocycles. The molecule has 1 aromatic rings. The predicted molar refractivity (Wildman–Crippen MR) is 71.1 cm³/mol. The first kappa shape index (κ1) is 14.5. The van der Waals surface area contributed by atoms with Gasteiger partial charge in [0.25, 0.3) is 0 Å². The molecule has 1 aromatic carbocycles. The highest BCUT2D eigenvalue weighted by Gasteiger charge is 2.17. The van der Waals surface area contributed by atoms with Gasteiger partial charge in [-0.15, -0.1) is 0 Å². The smallest absolute Gasteiger partial charge is 0.324 e.